The third-order valence-electron chi connectivity index (χ3n) is 9.63. The van der Waals surface area contributed by atoms with Crippen LogP contribution in [0.2, 0.25) is 0 Å². The molecule has 2 amide bonds. The lowest BCUT2D eigenvalue weighted by molar-refractivity contribution is -0.133. The van der Waals surface area contributed by atoms with E-state index in [0.717, 1.165) is 34.4 Å². The Morgan fingerprint density at radius 1 is 0.807 bits per heavy atom. The second kappa shape index (κ2) is 17.7. The van der Waals surface area contributed by atoms with Crippen LogP contribution >= 0.6 is 12.6 Å². The Bertz CT molecular complexity index is 2070. The Kier molecular flexibility index (Phi) is 13.5. The number of fused-ring (bicyclic) bond motifs is 1. The van der Waals surface area contributed by atoms with Crippen LogP contribution in [0, 0.1) is 12.3 Å². The van der Waals surface area contributed by atoms with E-state index in [1.807, 2.05) is 115 Å². The molecule has 0 saturated carbocycles. The topological polar surface area (TPSA) is 98.8 Å². The van der Waals surface area contributed by atoms with Gasteiger partial charge in [0.15, 0.2) is 23.0 Å². The van der Waals surface area contributed by atoms with Gasteiger partial charge in [-0.2, -0.15) is 12.6 Å². The number of anilines is 3. The summed E-state index contributed by atoms with van der Waals surface area (Å²) >= 11 is 4.86. The number of hydrogen-bond acceptors (Lipinski definition) is 9. The first-order chi connectivity index (χ1) is 26.8. The second-order valence-electron chi connectivity index (χ2n) is 16.9. The van der Waals surface area contributed by atoms with Crippen molar-refractivity contribution < 1.29 is 33.3 Å². The summed E-state index contributed by atoms with van der Waals surface area (Å²) < 4.78 is 29.8. The van der Waals surface area contributed by atoms with Gasteiger partial charge in [-0.25, -0.2) is 0 Å². The first-order valence-electron chi connectivity index (χ1n) is 19.3. The van der Waals surface area contributed by atoms with E-state index >= 15 is 0 Å². The minimum atomic E-state index is -0.849. The molecule has 10 nitrogen and oxygen atoms in total. The minimum Gasteiger partial charge on any atom is -0.493 e. The first kappa shape index (κ1) is 43.3. The highest BCUT2D eigenvalue weighted by Crippen LogP contribution is 2.38. The molecule has 1 aliphatic rings. The number of ether oxygens (including phenoxy) is 5. The number of carbonyl (C=O) groups is 2. The maximum absolute atomic E-state index is 14.5. The first-order valence-corrected chi connectivity index (χ1v) is 19.8. The van der Waals surface area contributed by atoms with E-state index in [4.69, 9.17) is 36.3 Å². The van der Waals surface area contributed by atoms with Crippen LogP contribution in [-0.2, 0) is 29.2 Å². The van der Waals surface area contributed by atoms with Crippen molar-refractivity contribution in [3.8, 4) is 23.0 Å². The molecular formula is C46H59N3O7S. The number of nitrogens with one attached hydrogen (secondary N) is 1. The largest absolute Gasteiger partial charge is 0.493 e. The third-order valence-corrected chi connectivity index (χ3v) is 9.77. The standard InChI is InChI=1S/C46H59N3O7S/c1-30-16-17-38(39(20-30)52-10)54-26-31-21-32(23-34(22-31)49(28-46(7,8)57)43(51)45(5,6)29-56-44(2,3)4)27-55-41-25-36(47-9)35(24-40(41)53-11)42(50)48-19-18-33-14-12-13-15-37(33)48/h12-17,20-25,47,57H,18-19,26-29H2,1-11H3. The molecule has 0 radical (unpaired) electrons. The van der Waals surface area contributed by atoms with Crippen molar-refractivity contribution in [3.63, 3.8) is 0 Å². The van der Waals surface area contributed by atoms with E-state index in [0.29, 0.717) is 53.0 Å². The van der Waals surface area contributed by atoms with Gasteiger partial charge in [-0.05, 0) is 127 Å². The molecule has 0 bridgehead atoms. The van der Waals surface area contributed by atoms with Crippen LogP contribution in [0.25, 0.3) is 0 Å². The minimum absolute atomic E-state index is 0.0970. The number of amides is 2. The molecule has 0 unspecified atom stereocenters. The molecule has 0 fully saturated rings. The van der Waals surface area contributed by atoms with Crippen molar-refractivity contribution in [2.75, 3.05) is 56.1 Å². The van der Waals surface area contributed by atoms with Gasteiger partial charge in [0.1, 0.15) is 13.2 Å². The van der Waals surface area contributed by atoms with Crippen molar-refractivity contribution in [3.05, 3.63) is 101 Å². The zero-order valence-electron chi connectivity index (χ0n) is 35.4. The predicted molar refractivity (Wildman–Crippen MR) is 232 cm³/mol. The Morgan fingerprint density at radius 2 is 1.44 bits per heavy atom. The highest BCUT2D eigenvalue weighted by molar-refractivity contribution is 7.81. The fraction of sp³-hybridized carbons (Fsp3) is 0.435. The van der Waals surface area contributed by atoms with Gasteiger partial charge < -0.3 is 38.8 Å². The molecule has 306 valence electrons. The molecule has 5 rings (SSSR count). The second-order valence-corrected chi connectivity index (χ2v) is 18.1. The van der Waals surface area contributed by atoms with Crippen molar-refractivity contribution in [2.45, 2.75) is 85.4 Å². The number of hydrogen-bond donors (Lipinski definition) is 2. The lowest BCUT2D eigenvalue weighted by atomic mass is 9.91. The third kappa shape index (κ3) is 11.0. The van der Waals surface area contributed by atoms with Gasteiger partial charge in [0, 0.05) is 42.3 Å². The van der Waals surface area contributed by atoms with E-state index in [1.165, 1.54) is 0 Å². The Labute approximate surface area is 344 Å². The monoisotopic (exact) mass is 797 g/mol. The zero-order chi connectivity index (χ0) is 41.7. The molecule has 57 heavy (non-hydrogen) atoms. The van der Waals surface area contributed by atoms with E-state index in [-0.39, 0.29) is 31.6 Å². The van der Waals surface area contributed by atoms with E-state index in [1.54, 1.807) is 38.3 Å². The van der Waals surface area contributed by atoms with Gasteiger partial charge in [0.25, 0.3) is 5.91 Å². The van der Waals surface area contributed by atoms with Crippen LogP contribution in [0.5, 0.6) is 23.0 Å². The summed E-state index contributed by atoms with van der Waals surface area (Å²) in [6.45, 7) is 17.2. The number of para-hydroxylation sites is 1. The molecule has 0 aromatic heterocycles. The molecule has 1 aliphatic heterocycles. The molecule has 0 saturated heterocycles. The average Bonchev–Trinajstić information content (AvgIpc) is 3.60. The zero-order valence-corrected chi connectivity index (χ0v) is 36.3. The van der Waals surface area contributed by atoms with Crippen molar-refractivity contribution in [1.82, 2.24) is 0 Å². The summed E-state index contributed by atoms with van der Waals surface area (Å²) in [6.07, 6.45) is 0.802. The van der Waals surface area contributed by atoms with Crippen molar-refractivity contribution >= 4 is 41.5 Å². The lowest BCUT2D eigenvalue weighted by Gasteiger charge is -2.37. The van der Waals surface area contributed by atoms with Gasteiger partial charge in [0.2, 0.25) is 5.91 Å². The van der Waals surface area contributed by atoms with Gasteiger partial charge in [0.05, 0.1) is 43.1 Å². The number of nitrogens with zero attached hydrogens (tertiary/aromatic N) is 2. The molecule has 0 spiro atoms. The molecule has 4 aromatic carbocycles. The molecule has 0 aliphatic carbocycles. The van der Waals surface area contributed by atoms with E-state index < -0.39 is 15.8 Å². The lowest BCUT2D eigenvalue weighted by Crippen LogP contribution is -2.48. The predicted octanol–water partition coefficient (Wildman–Crippen LogP) is 9.30. The van der Waals surface area contributed by atoms with Crippen molar-refractivity contribution in [2.24, 2.45) is 5.41 Å². The summed E-state index contributed by atoms with van der Waals surface area (Å²) in [5.41, 5.74) is 5.24. The van der Waals surface area contributed by atoms with E-state index in [2.05, 4.69) is 11.4 Å². The number of thiol groups is 1. The van der Waals surface area contributed by atoms with Crippen LogP contribution < -0.4 is 34.1 Å². The normalized spacial score (nSPS) is 12.9. The van der Waals surface area contributed by atoms with Gasteiger partial charge >= 0.3 is 0 Å². The van der Waals surface area contributed by atoms with Crippen molar-refractivity contribution in [1.29, 1.82) is 0 Å². The maximum atomic E-state index is 14.5. The van der Waals surface area contributed by atoms with E-state index in [9.17, 15) is 9.59 Å². The number of methoxy groups -OCH3 is 2. The Balaban J connectivity index is 1.50. The number of carbonyl (C=O) groups excluding carboxylic acids is 2. The van der Waals surface area contributed by atoms with Crippen LogP contribution in [0.4, 0.5) is 17.1 Å². The van der Waals surface area contributed by atoms with Crippen LogP contribution in [0.3, 0.4) is 0 Å². The number of aryl methyl sites for hydroxylation is 1. The SMILES string of the molecule is CNc1cc(OCc2cc(COc3ccc(C)cc3OC)cc(N(CC(C)(C)S)C(=O)C(C)(C)COC(C)(C)C)c2)c(OC)cc1C(=O)N1CCc2ccccc21. The van der Waals surface area contributed by atoms with Crippen LogP contribution in [-0.4, -0.2) is 63.1 Å². The quantitative estimate of drug-likeness (QED) is 0.108. The number of benzene rings is 4. The van der Waals surface area contributed by atoms with Crippen LogP contribution in [0.1, 0.15) is 81.1 Å². The summed E-state index contributed by atoms with van der Waals surface area (Å²) in [4.78, 5) is 32.1. The van der Waals surface area contributed by atoms with Gasteiger partial charge in [-0.3, -0.25) is 9.59 Å². The molecule has 4 aromatic rings. The summed E-state index contributed by atoms with van der Waals surface area (Å²) in [5.74, 6) is 1.90. The molecule has 1 N–H and O–H groups in total. The summed E-state index contributed by atoms with van der Waals surface area (Å²) in [6, 6.07) is 23.2. The summed E-state index contributed by atoms with van der Waals surface area (Å²) in [5, 5.41) is 3.19. The van der Waals surface area contributed by atoms with Gasteiger partial charge in [-0.15, -0.1) is 0 Å². The summed E-state index contributed by atoms with van der Waals surface area (Å²) in [7, 11) is 4.96. The smallest absolute Gasteiger partial charge is 0.260 e. The molecule has 11 heteroatoms. The molecule has 1 heterocycles. The fourth-order valence-electron chi connectivity index (χ4n) is 6.68. The fourth-order valence-corrected chi connectivity index (χ4v) is 6.83. The number of rotatable bonds is 16. The molecular weight excluding hydrogens is 739 g/mol. The molecule has 0 atom stereocenters. The maximum Gasteiger partial charge on any atom is 0.260 e. The van der Waals surface area contributed by atoms with Gasteiger partial charge in [-0.1, -0.05) is 24.3 Å². The average molecular weight is 798 g/mol. The Morgan fingerprint density at radius 3 is 2.05 bits per heavy atom. The highest BCUT2D eigenvalue weighted by Gasteiger charge is 2.37. The van der Waals surface area contributed by atoms with Crippen LogP contribution in [0.15, 0.2) is 72.8 Å². The Hall–Kier alpha value is -4.87. The highest BCUT2D eigenvalue weighted by atomic mass is 32.1.